The average molecular weight is 521 g/mol. The molecule has 0 saturated heterocycles. The molecule has 2 aromatic carbocycles. The summed E-state index contributed by atoms with van der Waals surface area (Å²) < 4.78 is 34.0. The van der Waals surface area contributed by atoms with Gasteiger partial charge in [-0.15, -0.1) is 0 Å². The number of furan rings is 1. The SMILES string of the molecule is CNC(Cc1cc(F)cc(F)c1)c1nc(C#CC(C)(C)O)ccc1-c1cccc2c1oc1c(Cl)[nH]nc12. The van der Waals surface area contributed by atoms with E-state index in [4.69, 9.17) is 21.0 Å². The minimum atomic E-state index is -1.20. The van der Waals surface area contributed by atoms with Crippen LogP contribution in [0.3, 0.4) is 0 Å². The van der Waals surface area contributed by atoms with E-state index in [1.54, 1.807) is 27.0 Å². The Balaban J connectivity index is 1.69. The van der Waals surface area contributed by atoms with Crippen molar-refractivity contribution in [2.75, 3.05) is 7.05 Å². The van der Waals surface area contributed by atoms with Crippen LogP contribution in [0.5, 0.6) is 0 Å². The zero-order chi connectivity index (χ0) is 26.3. The van der Waals surface area contributed by atoms with Crippen molar-refractivity contribution >= 4 is 33.7 Å². The topological polar surface area (TPSA) is 87.0 Å². The number of pyridine rings is 1. The molecule has 6 nitrogen and oxygen atoms in total. The number of aliphatic hydroxyl groups is 1. The van der Waals surface area contributed by atoms with E-state index in [-0.39, 0.29) is 6.42 Å². The smallest absolute Gasteiger partial charge is 0.192 e. The number of fused-ring (bicyclic) bond motifs is 3. The van der Waals surface area contributed by atoms with Crippen molar-refractivity contribution in [1.82, 2.24) is 20.5 Å². The van der Waals surface area contributed by atoms with Crippen LogP contribution >= 0.6 is 11.6 Å². The third-order valence-electron chi connectivity index (χ3n) is 5.91. The lowest BCUT2D eigenvalue weighted by molar-refractivity contribution is 0.143. The summed E-state index contributed by atoms with van der Waals surface area (Å²) in [7, 11) is 1.75. The Bertz CT molecular complexity index is 1670. The fourth-order valence-corrected chi connectivity index (χ4v) is 4.46. The molecule has 188 valence electrons. The molecule has 5 aromatic rings. The highest BCUT2D eigenvalue weighted by Gasteiger charge is 2.23. The molecule has 1 atom stereocenters. The van der Waals surface area contributed by atoms with Crippen molar-refractivity contribution in [3.8, 4) is 23.0 Å². The van der Waals surface area contributed by atoms with E-state index in [2.05, 4.69) is 27.4 Å². The Labute approximate surface area is 216 Å². The number of likely N-dealkylation sites (N-methyl/N-ethyl adjacent to an activating group) is 1. The molecule has 0 aliphatic rings. The number of aromatic amines is 1. The Hall–Kier alpha value is -3.77. The quantitative estimate of drug-likeness (QED) is 0.250. The number of benzene rings is 2. The Morgan fingerprint density at radius 3 is 2.57 bits per heavy atom. The number of hydrogen-bond acceptors (Lipinski definition) is 5. The van der Waals surface area contributed by atoms with Gasteiger partial charge in [0.05, 0.1) is 11.7 Å². The van der Waals surface area contributed by atoms with Crippen LogP contribution in [0.4, 0.5) is 8.78 Å². The van der Waals surface area contributed by atoms with Gasteiger partial charge >= 0.3 is 0 Å². The van der Waals surface area contributed by atoms with E-state index in [9.17, 15) is 13.9 Å². The molecule has 0 saturated carbocycles. The number of hydrogen-bond donors (Lipinski definition) is 3. The predicted molar refractivity (Wildman–Crippen MR) is 139 cm³/mol. The summed E-state index contributed by atoms with van der Waals surface area (Å²) in [5.41, 5.74) is 3.46. The lowest BCUT2D eigenvalue weighted by Crippen LogP contribution is -2.21. The summed E-state index contributed by atoms with van der Waals surface area (Å²) >= 11 is 6.22. The van der Waals surface area contributed by atoms with Gasteiger partial charge in [0.25, 0.3) is 0 Å². The summed E-state index contributed by atoms with van der Waals surface area (Å²) in [6, 6.07) is 12.3. The lowest BCUT2D eigenvalue weighted by atomic mass is 9.94. The van der Waals surface area contributed by atoms with Gasteiger partial charge in [-0.3, -0.25) is 5.10 Å². The number of aromatic nitrogens is 3. The number of H-pyrrole nitrogens is 1. The minimum Gasteiger partial charge on any atom is -0.450 e. The highest BCUT2D eigenvalue weighted by molar-refractivity contribution is 6.34. The molecule has 3 aromatic heterocycles. The van der Waals surface area contributed by atoms with E-state index in [1.165, 1.54) is 12.1 Å². The summed E-state index contributed by atoms with van der Waals surface area (Å²) in [6.07, 6.45) is 0.261. The van der Waals surface area contributed by atoms with Crippen LogP contribution in [0.2, 0.25) is 5.15 Å². The molecule has 0 spiro atoms. The standard InChI is InChI=1S/C28H23ClF2N4O2/c1-28(2,36)10-9-18-7-8-19(20-5-4-6-21-24-26(37-25(20)21)27(29)35-34-24)23(33-18)22(32-3)13-15-11-16(30)14-17(31)12-15/h4-8,11-12,14,22,32,36H,13H2,1-3H3,(H,34,35). The fourth-order valence-electron chi connectivity index (χ4n) is 4.29. The molecule has 0 aliphatic heterocycles. The summed E-state index contributed by atoms with van der Waals surface area (Å²) in [5.74, 6) is 4.39. The maximum atomic E-state index is 13.9. The van der Waals surface area contributed by atoms with Gasteiger partial charge in [0.2, 0.25) is 0 Å². The zero-order valence-corrected chi connectivity index (χ0v) is 21.0. The van der Waals surface area contributed by atoms with Crippen molar-refractivity contribution in [2.24, 2.45) is 0 Å². The Kier molecular flexibility index (Phi) is 6.46. The molecule has 3 N–H and O–H groups in total. The second-order valence-corrected chi connectivity index (χ2v) is 9.64. The van der Waals surface area contributed by atoms with Crippen LogP contribution in [-0.2, 0) is 6.42 Å². The number of nitrogens with zero attached hydrogens (tertiary/aromatic N) is 2. The van der Waals surface area contributed by atoms with Gasteiger partial charge < -0.3 is 14.8 Å². The largest absolute Gasteiger partial charge is 0.450 e. The molecule has 0 bridgehead atoms. The minimum absolute atomic E-state index is 0.261. The van der Waals surface area contributed by atoms with Crippen LogP contribution < -0.4 is 5.32 Å². The maximum Gasteiger partial charge on any atom is 0.192 e. The Morgan fingerprint density at radius 1 is 1.11 bits per heavy atom. The summed E-state index contributed by atoms with van der Waals surface area (Å²) in [6.45, 7) is 3.17. The maximum absolute atomic E-state index is 13.9. The first-order valence-electron chi connectivity index (χ1n) is 11.6. The van der Waals surface area contributed by atoms with E-state index in [1.807, 2.05) is 24.3 Å². The molecule has 0 fully saturated rings. The summed E-state index contributed by atoms with van der Waals surface area (Å²) in [4.78, 5) is 4.81. The lowest BCUT2D eigenvalue weighted by Gasteiger charge is -2.20. The molecule has 0 radical (unpaired) electrons. The number of nitrogens with one attached hydrogen (secondary N) is 2. The van der Waals surface area contributed by atoms with Crippen molar-refractivity contribution in [1.29, 1.82) is 0 Å². The van der Waals surface area contributed by atoms with Crippen LogP contribution in [-0.4, -0.2) is 32.9 Å². The van der Waals surface area contributed by atoms with Gasteiger partial charge in [0.1, 0.15) is 34.0 Å². The van der Waals surface area contributed by atoms with Crippen LogP contribution in [0.25, 0.3) is 33.2 Å². The molecule has 9 heteroatoms. The monoisotopic (exact) mass is 520 g/mol. The van der Waals surface area contributed by atoms with Crippen LogP contribution in [0, 0.1) is 23.5 Å². The van der Waals surface area contributed by atoms with Crippen LogP contribution in [0.1, 0.15) is 36.8 Å². The van der Waals surface area contributed by atoms with Gasteiger partial charge in [-0.1, -0.05) is 29.7 Å². The molecule has 5 rings (SSSR count). The molecule has 37 heavy (non-hydrogen) atoms. The fraction of sp³-hybridized carbons (Fsp3) is 0.214. The molecule has 0 aliphatic carbocycles. The predicted octanol–water partition coefficient (Wildman–Crippen LogP) is 5.93. The first-order valence-corrected chi connectivity index (χ1v) is 11.9. The molecule has 1 unspecified atom stereocenters. The average Bonchev–Trinajstić information content (AvgIpc) is 3.39. The van der Waals surface area contributed by atoms with E-state index in [0.717, 1.165) is 22.6 Å². The number of para-hydroxylation sites is 1. The van der Waals surface area contributed by atoms with Crippen molar-refractivity contribution in [3.05, 3.63) is 82.3 Å². The van der Waals surface area contributed by atoms with Gasteiger partial charge in [-0.05, 0) is 69.1 Å². The molecule has 3 heterocycles. The Morgan fingerprint density at radius 2 is 1.86 bits per heavy atom. The van der Waals surface area contributed by atoms with Gasteiger partial charge in [-0.2, -0.15) is 5.10 Å². The van der Waals surface area contributed by atoms with Gasteiger partial charge in [-0.25, -0.2) is 13.8 Å². The molecule has 0 amide bonds. The normalized spacial score (nSPS) is 12.6. The van der Waals surface area contributed by atoms with Crippen LogP contribution in [0.15, 0.2) is 52.9 Å². The highest BCUT2D eigenvalue weighted by Crippen LogP contribution is 2.39. The molecular weight excluding hydrogens is 498 g/mol. The van der Waals surface area contributed by atoms with Gasteiger partial charge in [0.15, 0.2) is 10.7 Å². The van der Waals surface area contributed by atoms with E-state index < -0.39 is 23.3 Å². The van der Waals surface area contributed by atoms with Crippen molar-refractivity contribution in [2.45, 2.75) is 31.9 Å². The second-order valence-electron chi connectivity index (χ2n) is 9.26. The molecular formula is C28H23ClF2N4O2. The highest BCUT2D eigenvalue weighted by atomic mass is 35.5. The number of halogens is 3. The zero-order valence-electron chi connectivity index (χ0n) is 20.3. The third-order valence-corrected chi connectivity index (χ3v) is 6.16. The summed E-state index contributed by atoms with van der Waals surface area (Å²) in [5, 5.41) is 21.3. The second kappa shape index (κ2) is 9.60. The first kappa shape index (κ1) is 24.9. The van der Waals surface area contributed by atoms with E-state index in [0.29, 0.717) is 38.8 Å². The first-order chi connectivity index (χ1) is 17.6. The van der Waals surface area contributed by atoms with Crippen molar-refractivity contribution < 1.29 is 18.3 Å². The van der Waals surface area contributed by atoms with Gasteiger partial charge in [0, 0.05) is 22.6 Å². The third kappa shape index (κ3) is 5.07. The number of rotatable bonds is 5. The van der Waals surface area contributed by atoms with E-state index >= 15 is 0 Å². The van der Waals surface area contributed by atoms with Crippen molar-refractivity contribution in [3.63, 3.8) is 0 Å².